The van der Waals surface area contributed by atoms with Gasteiger partial charge in [0.15, 0.2) is 6.61 Å². The quantitative estimate of drug-likeness (QED) is 0.424. The molecule has 2 aromatic rings. The summed E-state index contributed by atoms with van der Waals surface area (Å²) in [6.45, 7) is 0.995. The van der Waals surface area contributed by atoms with E-state index >= 15 is 0 Å². The first kappa shape index (κ1) is 18.2. The summed E-state index contributed by atoms with van der Waals surface area (Å²) in [5.41, 5.74) is 1.11. The zero-order chi connectivity index (χ0) is 18.1. The number of rotatable bonds is 9. The molecular formula is C17H20N4O4. The van der Waals surface area contributed by atoms with Gasteiger partial charge < -0.3 is 25.1 Å². The number of amides is 1. The van der Waals surface area contributed by atoms with Crippen LogP contribution in [0.1, 0.15) is 6.42 Å². The van der Waals surface area contributed by atoms with E-state index in [1.807, 2.05) is 37.4 Å². The summed E-state index contributed by atoms with van der Waals surface area (Å²) < 4.78 is 5.18. The summed E-state index contributed by atoms with van der Waals surface area (Å²) in [4.78, 5) is 27.7. The summed E-state index contributed by atoms with van der Waals surface area (Å²) >= 11 is 0. The molecule has 2 rings (SSSR count). The molecule has 0 bridgehead atoms. The van der Waals surface area contributed by atoms with Crippen molar-refractivity contribution in [3.63, 3.8) is 0 Å². The molecule has 0 spiro atoms. The van der Waals surface area contributed by atoms with Crippen molar-refractivity contribution in [2.24, 2.45) is 0 Å². The normalized spacial score (nSPS) is 10.1. The minimum absolute atomic E-state index is 0.0218. The van der Waals surface area contributed by atoms with Crippen LogP contribution in [0.25, 0.3) is 0 Å². The molecule has 0 aliphatic rings. The Kier molecular flexibility index (Phi) is 6.70. The van der Waals surface area contributed by atoms with Gasteiger partial charge in [-0.15, -0.1) is 0 Å². The zero-order valence-corrected chi connectivity index (χ0v) is 13.9. The summed E-state index contributed by atoms with van der Waals surface area (Å²) in [7, 11) is 1.99. The van der Waals surface area contributed by atoms with Crippen molar-refractivity contribution in [3.05, 3.63) is 58.8 Å². The fraction of sp³-hybridized carbons (Fsp3) is 0.294. The maximum absolute atomic E-state index is 11.8. The molecule has 1 aromatic heterocycles. The van der Waals surface area contributed by atoms with E-state index in [0.29, 0.717) is 6.54 Å². The van der Waals surface area contributed by atoms with Crippen LogP contribution in [0.15, 0.2) is 48.7 Å². The number of ether oxygens (including phenoxy) is 1. The molecule has 0 saturated heterocycles. The highest BCUT2D eigenvalue weighted by Gasteiger charge is 2.16. The molecule has 1 aromatic carbocycles. The van der Waals surface area contributed by atoms with E-state index in [4.69, 9.17) is 4.74 Å². The van der Waals surface area contributed by atoms with Gasteiger partial charge in [0.25, 0.3) is 5.91 Å². The van der Waals surface area contributed by atoms with E-state index < -0.39 is 10.7 Å². The Morgan fingerprint density at radius 1 is 1.28 bits per heavy atom. The van der Waals surface area contributed by atoms with E-state index in [-0.39, 0.29) is 18.3 Å². The number of aromatic nitrogens is 1. The number of hydrogen-bond donors (Lipinski definition) is 1. The predicted molar refractivity (Wildman–Crippen MR) is 93.7 cm³/mol. The van der Waals surface area contributed by atoms with Gasteiger partial charge >= 0.3 is 5.82 Å². The number of nitrogens with one attached hydrogen (secondary N) is 1. The second-order valence-electron chi connectivity index (χ2n) is 5.33. The van der Waals surface area contributed by atoms with Gasteiger partial charge in [0.05, 0.1) is 0 Å². The van der Waals surface area contributed by atoms with Crippen molar-refractivity contribution in [1.82, 2.24) is 10.3 Å². The highest BCUT2D eigenvalue weighted by molar-refractivity contribution is 5.77. The van der Waals surface area contributed by atoms with Crippen molar-refractivity contribution in [2.45, 2.75) is 6.42 Å². The monoisotopic (exact) mass is 344 g/mol. The second-order valence-corrected chi connectivity index (χ2v) is 5.33. The third-order valence-electron chi connectivity index (χ3n) is 3.47. The maximum Gasteiger partial charge on any atom is 0.406 e. The standard InChI is InChI=1S/C17H20N4O4/c1-20(14-7-3-2-4-8-14)12-6-11-18-16(22)13-25-15-9-5-10-19-17(15)21(23)24/h2-5,7-10H,6,11-13H2,1H3,(H,18,22). The molecule has 0 fully saturated rings. The summed E-state index contributed by atoms with van der Waals surface area (Å²) in [6.07, 6.45) is 2.07. The van der Waals surface area contributed by atoms with Crippen LogP contribution in [0.5, 0.6) is 5.75 Å². The van der Waals surface area contributed by atoms with E-state index in [9.17, 15) is 14.9 Å². The molecule has 1 heterocycles. The van der Waals surface area contributed by atoms with Crippen molar-refractivity contribution in [2.75, 3.05) is 31.6 Å². The SMILES string of the molecule is CN(CCCNC(=O)COc1cccnc1[N+](=O)[O-])c1ccccc1. The summed E-state index contributed by atoms with van der Waals surface area (Å²) in [5, 5.41) is 13.5. The van der Waals surface area contributed by atoms with Gasteiger partial charge in [-0.25, -0.2) is 0 Å². The van der Waals surface area contributed by atoms with Gasteiger partial charge in [-0.05, 0) is 40.6 Å². The summed E-state index contributed by atoms with van der Waals surface area (Å²) in [5.74, 6) is -0.758. The smallest absolute Gasteiger partial charge is 0.406 e. The Labute approximate surface area is 145 Å². The average molecular weight is 344 g/mol. The lowest BCUT2D eigenvalue weighted by molar-refractivity contribution is -0.390. The topological polar surface area (TPSA) is 97.6 Å². The molecule has 132 valence electrons. The van der Waals surface area contributed by atoms with E-state index in [2.05, 4.69) is 15.2 Å². The first-order valence-corrected chi connectivity index (χ1v) is 7.83. The third kappa shape index (κ3) is 5.76. The van der Waals surface area contributed by atoms with Crippen molar-refractivity contribution < 1.29 is 14.5 Å². The Balaban J connectivity index is 1.69. The van der Waals surface area contributed by atoms with Crippen LogP contribution in [0.2, 0.25) is 0 Å². The zero-order valence-electron chi connectivity index (χ0n) is 13.9. The molecule has 0 aliphatic carbocycles. The lowest BCUT2D eigenvalue weighted by Crippen LogP contribution is -2.31. The van der Waals surface area contributed by atoms with Crippen LogP contribution in [-0.2, 0) is 4.79 Å². The molecule has 0 saturated carbocycles. The molecule has 25 heavy (non-hydrogen) atoms. The number of anilines is 1. The number of nitro groups is 1. The largest absolute Gasteiger partial charge is 0.476 e. The van der Waals surface area contributed by atoms with E-state index in [1.165, 1.54) is 18.3 Å². The van der Waals surface area contributed by atoms with Crippen molar-refractivity contribution in [1.29, 1.82) is 0 Å². The molecular weight excluding hydrogens is 324 g/mol. The first-order chi connectivity index (χ1) is 12.1. The number of para-hydroxylation sites is 1. The Hall–Kier alpha value is -3.16. The van der Waals surface area contributed by atoms with Crippen LogP contribution in [0, 0.1) is 10.1 Å². The molecule has 1 N–H and O–H groups in total. The average Bonchev–Trinajstić information content (AvgIpc) is 2.64. The highest BCUT2D eigenvalue weighted by Crippen LogP contribution is 2.22. The van der Waals surface area contributed by atoms with Gasteiger partial charge in [-0.1, -0.05) is 18.2 Å². The van der Waals surface area contributed by atoms with Gasteiger partial charge in [-0.2, -0.15) is 0 Å². The Bertz CT molecular complexity index is 709. The molecule has 8 nitrogen and oxygen atoms in total. The molecule has 0 aliphatic heterocycles. The third-order valence-corrected chi connectivity index (χ3v) is 3.47. The van der Waals surface area contributed by atoms with Crippen LogP contribution >= 0.6 is 0 Å². The van der Waals surface area contributed by atoms with Crippen molar-refractivity contribution in [3.8, 4) is 5.75 Å². The number of hydrogen-bond acceptors (Lipinski definition) is 6. The van der Waals surface area contributed by atoms with Gasteiger partial charge in [0, 0.05) is 25.8 Å². The van der Waals surface area contributed by atoms with Crippen LogP contribution in [0.4, 0.5) is 11.5 Å². The maximum atomic E-state index is 11.8. The van der Waals surface area contributed by atoms with Gasteiger partial charge in [0.2, 0.25) is 5.75 Å². The molecule has 0 radical (unpaired) electrons. The lowest BCUT2D eigenvalue weighted by atomic mass is 10.3. The number of pyridine rings is 1. The predicted octanol–water partition coefficient (Wildman–Crippen LogP) is 2.01. The van der Waals surface area contributed by atoms with Crippen LogP contribution < -0.4 is 15.0 Å². The minimum Gasteiger partial charge on any atom is -0.476 e. The minimum atomic E-state index is -0.646. The Morgan fingerprint density at radius 3 is 2.76 bits per heavy atom. The van der Waals surface area contributed by atoms with Crippen LogP contribution in [-0.4, -0.2) is 42.6 Å². The van der Waals surface area contributed by atoms with Gasteiger partial charge in [0.1, 0.15) is 6.20 Å². The summed E-state index contributed by atoms with van der Waals surface area (Å²) in [6, 6.07) is 12.9. The molecule has 0 unspecified atom stereocenters. The second kappa shape index (κ2) is 9.21. The fourth-order valence-electron chi connectivity index (χ4n) is 2.18. The Morgan fingerprint density at radius 2 is 2.04 bits per heavy atom. The van der Waals surface area contributed by atoms with E-state index in [0.717, 1.165) is 18.7 Å². The lowest BCUT2D eigenvalue weighted by Gasteiger charge is -2.19. The number of carbonyl (C=O) groups excluding carboxylic acids is 1. The number of carbonyl (C=O) groups is 1. The van der Waals surface area contributed by atoms with Gasteiger partial charge in [-0.3, -0.25) is 4.79 Å². The molecule has 8 heteroatoms. The molecule has 0 atom stereocenters. The van der Waals surface area contributed by atoms with Crippen LogP contribution in [0.3, 0.4) is 0 Å². The highest BCUT2D eigenvalue weighted by atomic mass is 16.6. The fourth-order valence-corrected chi connectivity index (χ4v) is 2.18. The van der Waals surface area contributed by atoms with Crippen molar-refractivity contribution >= 4 is 17.4 Å². The number of benzene rings is 1. The van der Waals surface area contributed by atoms with E-state index in [1.54, 1.807) is 0 Å². The molecule has 1 amide bonds. The number of nitrogens with zero attached hydrogens (tertiary/aromatic N) is 3. The first-order valence-electron chi connectivity index (χ1n) is 7.83.